The number of aldehydes is 1. The Hall–Kier alpha value is -1.60. The van der Waals surface area contributed by atoms with E-state index >= 15 is 0 Å². The number of rotatable bonds is 6. The summed E-state index contributed by atoms with van der Waals surface area (Å²) in [5.74, 6) is 0.879. The van der Waals surface area contributed by atoms with Crippen molar-refractivity contribution in [1.82, 2.24) is 0 Å². The second kappa shape index (κ2) is 7.31. The standard InChI is InChI=1S/C19H25O3P/c1-5-19(3,15-10-7-11-16(22-4)17(15)21)23-18-13(2)8-6-9-14(18)12-20/h6-9,11-12,15,21,23H,5,10H2,1-4H3. The van der Waals surface area contributed by atoms with E-state index in [1.165, 1.54) is 0 Å². The summed E-state index contributed by atoms with van der Waals surface area (Å²) >= 11 is 0. The molecule has 4 heteroatoms. The summed E-state index contributed by atoms with van der Waals surface area (Å²) in [7, 11) is 2.03. The van der Waals surface area contributed by atoms with Crippen LogP contribution in [0.2, 0.25) is 0 Å². The number of aliphatic hydroxyl groups excluding tert-OH is 1. The van der Waals surface area contributed by atoms with Gasteiger partial charge in [-0.25, -0.2) is 0 Å². The molecule has 0 saturated heterocycles. The fraction of sp³-hybridized carbons (Fsp3) is 0.421. The van der Waals surface area contributed by atoms with Gasteiger partial charge >= 0.3 is 0 Å². The molecule has 23 heavy (non-hydrogen) atoms. The number of hydrogen-bond donors (Lipinski definition) is 1. The third-order valence-corrected chi connectivity index (χ3v) is 7.00. The van der Waals surface area contributed by atoms with Gasteiger partial charge < -0.3 is 9.84 Å². The van der Waals surface area contributed by atoms with Crippen molar-refractivity contribution in [3.8, 4) is 0 Å². The van der Waals surface area contributed by atoms with Crippen LogP contribution in [0.1, 0.15) is 42.6 Å². The SMILES string of the molecule is CCC(C)(Pc1c(C)cccc1C=O)C1CC=CC(OC)=C1O. The maximum Gasteiger partial charge on any atom is 0.156 e. The maximum absolute atomic E-state index is 11.4. The molecule has 0 radical (unpaired) electrons. The lowest BCUT2D eigenvalue weighted by atomic mass is 9.83. The van der Waals surface area contributed by atoms with Gasteiger partial charge in [0.15, 0.2) is 12.0 Å². The molecular weight excluding hydrogens is 307 g/mol. The first-order valence-electron chi connectivity index (χ1n) is 7.93. The largest absolute Gasteiger partial charge is 0.508 e. The lowest BCUT2D eigenvalue weighted by Crippen LogP contribution is -2.35. The number of aliphatic hydroxyl groups is 1. The zero-order chi connectivity index (χ0) is 17.0. The lowest BCUT2D eigenvalue weighted by Gasteiger charge is -2.38. The van der Waals surface area contributed by atoms with E-state index in [2.05, 4.69) is 19.9 Å². The van der Waals surface area contributed by atoms with Crippen molar-refractivity contribution in [2.24, 2.45) is 5.92 Å². The highest BCUT2D eigenvalue weighted by atomic mass is 31.1. The summed E-state index contributed by atoms with van der Waals surface area (Å²) in [5, 5.41) is 11.6. The molecule has 0 spiro atoms. The number of aryl methyl sites for hydroxylation is 1. The molecule has 124 valence electrons. The van der Waals surface area contributed by atoms with Crippen LogP contribution in [0.4, 0.5) is 0 Å². The topological polar surface area (TPSA) is 46.5 Å². The van der Waals surface area contributed by atoms with Crippen molar-refractivity contribution >= 4 is 20.2 Å². The monoisotopic (exact) mass is 332 g/mol. The van der Waals surface area contributed by atoms with E-state index in [-0.39, 0.29) is 11.1 Å². The fourth-order valence-electron chi connectivity index (χ4n) is 3.08. The van der Waals surface area contributed by atoms with Gasteiger partial charge in [-0.1, -0.05) is 46.7 Å². The second-order valence-electron chi connectivity index (χ2n) is 6.20. The molecule has 2 rings (SSSR count). The first kappa shape index (κ1) is 17.7. The normalized spacial score (nSPS) is 20.8. The van der Waals surface area contributed by atoms with E-state index in [4.69, 9.17) is 4.74 Å². The summed E-state index contributed by atoms with van der Waals surface area (Å²) in [6, 6.07) is 5.83. The number of carbonyl (C=O) groups excluding carboxylic acids is 1. The summed E-state index contributed by atoms with van der Waals surface area (Å²) in [6.07, 6.45) is 6.52. The van der Waals surface area contributed by atoms with E-state index in [0.29, 0.717) is 20.1 Å². The van der Waals surface area contributed by atoms with Crippen LogP contribution in [-0.4, -0.2) is 23.7 Å². The van der Waals surface area contributed by atoms with Gasteiger partial charge in [-0.2, -0.15) is 0 Å². The van der Waals surface area contributed by atoms with Crippen LogP contribution in [0.15, 0.2) is 41.9 Å². The second-order valence-corrected chi connectivity index (χ2v) is 8.09. The number of benzene rings is 1. The van der Waals surface area contributed by atoms with Crippen molar-refractivity contribution < 1.29 is 14.6 Å². The highest BCUT2D eigenvalue weighted by molar-refractivity contribution is 7.49. The highest BCUT2D eigenvalue weighted by Crippen LogP contribution is 2.47. The molecule has 3 nitrogen and oxygen atoms in total. The predicted octanol–water partition coefficient (Wildman–Crippen LogP) is 4.27. The Morgan fingerprint density at radius 1 is 1.48 bits per heavy atom. The molecule has 0 heterocycles. The molecule has 1 aromatic rings. The van der Waals surface area contributed by atoms with Gasteiger partial charge in [-0.05, 0) is 41.9 Å². The fourth-order valence-corrected chi connectivity index (χ4v) is 4.83. The Bertz CT molecular complexity index is 648. The number of allylic oxidation sites excluding steroid dienone is 3. The molecule has 1 aliphatic carbocycles. The van der Waals surface area contributed by atoms with Crippen LogP contribution in [0.5, 0.6) is 0 Å². The Labute approximate surface area is 140 Å². The van der Waals surface area contributed by atoms with Crippen LogP contribution in [0, 0.1) is 12.8 Å². The zero-order valence-electron chi connectivity index (χ0n) is 14.2. The van der Waals surface area contributed by atoms with Crippen molar-refractivity contribution in [2.45, 2.75) is 38.8 Å². The van der Waals surface area contributed by atoms with E-state index in [9.17, 15) is 9.90 Å². The molecule has 0 aliphatic heterocycles. The van der Waals surface area contributed by atoms with E-state index in [1.54, 1.807) is 7.11 Å². The van der Waals surface area contributed by atoms with Gasteiger partial charge in [0.1, 0.15) is 5.76 Å². The summed E-state index contributed by atoms with van der Waals surface area (Å²) in [4.78, 5) is 11.4. The molecular formula is C19H25O3P. The van der Waals surface area contributed by atoms with Gasteiger partial charge in [0.2, 0.25) is 0 Å². The molecule has 0 aromatic heterocycles. The average molecular weight is 332 g/mol. The van der Waals surface area contributed by atoms with Gasteiger partial charge in [0.25, 0.3) is 0 Å². The number of ether oxygens (including phenoxy) is 1. The Balaban J connectivity index is 2.41. The Kier molecular flexibility index (Phi) is 5.64. The molecule has 0 bridgehead atoms. The highest BCUT2D eigenvalue weighted by Gasteiger charge is 2.38. The van der Waals surface area contributed by atoms with E-state index in [1.807, 2.05) is 31.2 Å². The minimum absolute atomic E-state index is 0.00453. The van der Waals surface area contributed by atoms with Crippen LogP contribution in [0.25, 0.3) is 0 Å². The van der Waals surface area contributed by atoms with Crippen molar-refractivity contribution in [1.29, 1.82) is 0 Å². The summed E-state index contributed by atoms with van der Waals surface area (Å²) < 4.78 is 5.28. The molecule has 0 amide bonds. The lowest BCUT2D eigenvalue weighted by molar-refractivity contribution is 0.112. The summed E-state index contributed by atoms with van der Waals surface area (Å²) in [5.41, 5.74) is 1.89. The molecule has 1 aliphatic rings. The number of methoxy groups -OCH3 is 1. The van der Waals surface area contributed by atoms with Gasteiger partial charge in [0, 0.05) is 11.5 Å². The van der Waals surface area contributed by atoms with Gasteiger partial charge in [-0.3, -0.25) is 4.79 Å². The number of hydrogen-bond acceptors (Lipinski definition) is 3. The van der Waals surface area contributed by atoms with E-state index < -0.39 is 0 Å². The zero-order valence-corrected chi connectivity index (χ0v) is 15.2. The molecule has 0 fully saturated rings. The first-order chi connectivity index (χ1) is 11.0. The number of carbonyl (C=O) groups is 1. The van der Waals surface area contributed by atoms with Gasteiger partial charge in [0.05, 0.1) is 7.11 Å². The summed E-state index contributed by atoms with van der Waals surface area (Å²) in [6.45, 7) is 6.38. The smallest absolute Gasteiger partial charge is 0.156 e. The van der Waals surface area contributed by atoms with Crippen LogP contribution in [0.3, 0.4) is 0 Å². The molecule has 1 N–H and O–H groups in total. The quantitative estimate of drug-likeness (QED) is 0.625. The third-order valence-electron chi connectivity index (χ3n) is 4.79. The third kappa shape index (κ3) is 3.50. The van der Waals surface area contributed by atoms with Crippen molar-refractivity contribution in [2.75, 3.05) is 7.11 Å². The first-order valence-corrected chi connectivity index (χ1v) is 8.93. The van der Waals surface area contributed by atoms with Crippen LogP contribution < -0.4 is 5.30 Å². The van der Waals surface area contributed by atoms with Crippen LogP contribution >= 0.6 is 8.58 Å². The van der Waals surface area contributed by atoms with Gasteiger partial charge in [-0.15, -0.1) is 0 Å². The van der Waals surface area contributed by atoms with Crippen molar-refractivity contribution in [3.63, 3.8) is 0 Å². The molecule has 3 unspecified atom stereocenters. The molecule has 1 aromatic carbocycles. The molecule has 3 atom stereocenters. The maximum atomic E-state index is 11.4. The minimum atomic E-state index is -0.123. The van der Waals surface area contributed by atoms with Crippen LogP contribution in [-0.2, 0) is 4.74 Å². The predicted molar refractivity (Wildman–Crippen MR) is 97.1 cm³/mol. The van der Waals surface area contributed by atoms with E-state index in [0.717, 1.165) is 35.6 Å². The molecule has 0 saturated carbocycles. The Morgan fingerprint density at radius 3 is 2.83 bits per heavy atom. The average Bonchev–Trinajstić information content (AvgIpc) is 2.56. The minimum Gasteiger partial charge on any atom is -0.508 e. The van der Waals surface area contributed by atoms with Crippen molar-refractivity contribution in [3.05, 3.63) is 53.0 Å². The Morgan fingerprint density at radius 2 is 2.22 bits per heavy atom.